The number of carbonyl (C=O) groups is 1. The molecule has 1 aromatic rings. The Morgan fingerprint density at radius 3 is 2.27 bits per heavy atom. The van der Waals surface area contributed by atoms with Gasteiger partial charge in [0.25, 0.3) is 0 Å². The molecule has 0 spiro atoms. The van der Waals surface area contributed by atoms with Gasteiger partial charge in [-0.1, -0.05) is 12.1 Å². The number of rotatable bonds is 3. The minimum absolute atomic E-state index is 0.327. The third kappa shape index (κ3) is 3.25. The molecule has 4 nitrogen and oxygen atoms in total. The fourth-order valence-electron chi connectivity index (χ4n) is 1.23. The molecule has 0 aliphatic carbocycles. The van der Waals surface area contributed by atoms with E-state index < -0.39 is 6.09 Å². The van der Waals surface area contributed by atoms with Crippen LogP contribution in [0.4, 0.5) is 4.79 Å². The summed E-state index contributed by atoms with van der Waals surface area (Å²) in [5.41, 5.74) is 6.06. The van der Waals surface area contributed by atoms with Crippen LogP contribution in [-0.2, 0) is 0 Å². The predicted octanol–water partition coefficient (Wildman–Crippen LogP) is 1.77. The van der Waals surface area contributed by atoms with Crippen molar-refractivity contribution in [2.24, 2.45) is 5.73 Å². The van der Waals surface area contributed by atoms with Gasteiger partial charge in [0, 0.05) is 6.04 Å². The first-order valence-electron chi connectivity index (χ1n) is 4.74. The molecular formula is C11H16N2O2. The molecule has 1 atom stereocenters. The summed E-state index contributed by atoms with van der Waals surface area (Å²) in [7, 11) is 4.02. The van der Waals surface area contributed by atoms with Crippen molar-refractivity contribution in [2.45, 2.75) is 13.0 Å². The maximum Gasteiger partial charge on any atom is 0.409 e. The average molecular weight is 208 g/mol. The number of nitrogens with two attached hydrogens (primary N) is 1. The highest BCUT2D eigenvalue weighted by molar-refractivity contribution is 5.68. The maximum absolute atomic E-state index is 10.5. The van der Waals surface area contributed by atoms with Crippen molar-refractivity contribution in [3.63, 3.8) is 0 Å². The molecule has 15 heavy (non-hydrogen) atoms. The molecule has 0 aliphatic heterocycles. The summed E-state index contributed by atoms with van der Waals surface area (Å²) in [6, 6.07) is 7.64. The number of nitrogens with zero attached hydrogens (tertiary/aromatic N) is 1. The highest BCUT2D eigenvalue weighted by Crippen LogP contribution is 2.20. The topological polar surface area (TPSA) is 55.6 Å². The van der Waals surface area contributed by atoms with Gasteiger partial charge in [-0.3, -0.25) is 0 Å². The Morgan fingerprint density at radius 2 is 1.87 bits per heavy atom. The van der Waals surface area contributed by atoms with E-state index in [1.165, 1.54) is 0 Å². The second-order valence-corrected chi connectivity index (χ2v) is 3.63. The molecule has 0 heterocycles. The molecule has 1 rings (SSSR count). The monoisotopic (exact) mass is 208 g/mol. The van der Waals surface area contributed by atoms with Crippen LogP contribution >= 0.6 is 0 Å². The lowest BCUT2D eigenvalue weighted by atomic mass is 10.1. The number of ether oxygens (including phenoxy) is 1. The fourth-order valence-corrected chi connectivity index (χ4v) is 1.23. The Bertz CT molecular complexity index is 333. The molecule has 1 unspecified atom stereocenters. The third-order valence-corrected chi connectivity index (χ3v) is 2.36. The number of hydrogen-bond acceptors (Lipinski definition) is 3. The van der Waals surface area contributed by atoms with E-state index in [0.29, 0.717) is 11.8 Å². The standard InChI is InChI=1S/C11H16N2O2/c1-8(13(2)3)9-4-6-10(7-5-9)15-11(12)14/h4-8H,1-3H3,(H2,12,14). The minimum Gasteiger partial charge on any atom is -0.411 e. The smallest absolute Gasteiger partial charge is 0.409 e. The van der Waals surface area contributed by atoms with Crippen LogP contribution < -0.4 is 10.5 Å². The van der Waals surface area contributed by atoms with Gasteiger partial charge < -0.3 is 15.4 Å². The first-order valence-corrected chi connectivity index (χ1v) is 4.74. The van der Waals surface area contributed by atoms with Crippen LogP contribution in [-0.4, -0.2) is 25.1 Å². The van der Waals surface area contributed by atoms with Gasteiger partial charge in [0.2, 0.25) is 0 Å². The fraction of sp³-hybridized carbons (Fsp3) is 0.364. The molecular weight excluding hydrogens is 192 g/mol. The zero-order valence-electron chi connectivity index (χ0n) is 9.23. The lowest BCUT2D eigenvalue weighted by molar-refractivity contribution is 0.211. The van der Waals surface area contributed by atoms with Crippen LogP contribution in [0.25, 0.3) is 0 Å². The zero-order valence-corrected chi connectivity index (χ0v) is 9.23. The molecule has 0 aromatic heterocycles. The summed E-state index contributed by atoms with van der Waals surface area (Å²) in [5.74, 6) is 0.470. The zero-order chi connectivity index (χ0) is 11.4. The number of carbonyl (C=O) groups excluding carboxylic acids is 1. The Hall–Kier alpha value is -1.55. The highest BCUT2D eigenvalue weighted by Gasteiger charge is 2.07. The van der Waals surface area contributed by atoms with Gasteiger partial charge in [-0.2, -0.15) is 0 Å². The average Bonchev–Trinajstić information content (AvgIpc) is 2.17. The summed E-state index contributed by atoms with van der Waals surface area (Å²) in [6.07, 6.45) is -0.789. The van der Waals surface area contributed by atoms with E-state index in [9.17, 15) is 4.79 Å². The highest BCUT2D eigenvalue weighted by atomic mass is 16.5. The first kappa shape index (κ1) is 11.5. The van der Waals surface area contributed by atoms with E-state index in [1.807, 2.05) is 26.2 Å². The van der Waals surface area contributed by atoms with Crippen LogP contribution in [0.3, 0.4) is 0 Å². The van der Waals surface area contributed by atoms with Crippen molar-refractivity contribution in [3.8, 4) is 5.75 Å². The molecule has 4 heteroatoms. The van der Waals surface area contributed by atoms with Crippen LogP contribution in [0.2, 0.25) is 0 Å². The lowest BCUT2D eigenvalue weighted by Gasteiger charge is -2.20. The SMILES string of the molecule is CC(c1ccc(OC(N)=O)cc1)N(C)C. The molecule has 1 amide bonds. The molecule has 0 bridgehead atoms. The van der Waals surface area contributed by atoms with E-state index in [-0.39, 0.29) is 0 Å². The molecule has 0 saturated carbocycles. The summed E-state index contributed by atoms with van der Waals surface area (Å²) < 4.78 is 4.73. The number of hydrogen-bond donors (Lipinski definition) is 1. The van der Waals surface area contributed by atoms with Gasteiger partial charge in [0.05, 0.1) is 0 Å². The van der Waals surface area contributed by atoms with E-state index in [0.717, 1.165) is 5.56 Å². The van der Waals surface area contributed by atoms with E-state index >= 15 is 0 Å². The Labute approximate surface area is 89.6 Å². The quantitative estimate of drug-likeness (QED) is 0.823. The molecule has 0 aliphatic rings. The van der Waals surface area contributed by atoms with Crippen molar-refractivity contribution >= 4 is 6.09 Å². The van der Waals surface area contributed by atoms with Crippen LogP contribution in [0.15, 0.2) is 24.3 Å². The second-order valence-electron chi connectivity index (χ2n) is 3.63. The molecule has 1 aromatic carbocycles. The summed E-state index contributed by atoms with van der Waals surface area (Å²) in [6.45, 7) is 2.10. The summed E-state index contributed by atoms with van der Waals surface area (Å²) >= 11 is 0. The van der Waals surface area contributed by atoms with Gasteiger partial charge >= 0.3 is 6.09 Å². The van der Waals surface area contributed by atoms with Crippen molar-refractivity contribution in [2.75, 3.05) is 14.1 Å². The van der Waals surface area contributed by atoms with Crippen molar-refractivity contribution in [3.05, 3.63) is 29.8 Å². The lowest BCUT2D eigenvalue weighted by Crippen LogP contribution is -2.17. The van der Waals surface area contributed by atoms with Gasteiger partial charge in [-0.15, -0.1) is 0 Å². The van der Waals surface area contributed by atoms with Crippen molar-refractivity contribution in [1.29, 1.82) is 0 Å². The van der Waals surface area contributed by atoms with Crippen LogP contribution in [0.5, 0.6) is 5.75 Å². The molecule has 0 fully saturated rings. The Kier molecular flexibility index (Phi) is 3.68. The summed E-state index contributed by atoms with van der Waals surface area (Å²) in [5, 5.41) is 0. The van der Waals surface area contributed by atoms with Gasteiger partial charge in [0.1, 0.15) is 5.75 Å². The molecule has 82 valence electrons. The van der Waals surface area contributed by atoms with Gasteiger partial charge in [0.15, 0.2) is 0 Å². The number of amides is 1. The van der Waals surface area contributed by atoms with E-state index in [1.54, 1.807) is 12.1 Å². The normalized spacial score (nSPS) is 12.5. The Balaban J connectivity index is 2.76. The summed E-state index contributed by atoms with van der Waals surface area (Å²) in [4.78, 5) is 12.6. The number of benzene rings is 1. The van der Waals surface area contributed by atoms with E-state index in [2.05, 4.69) is 11.8 Å². The maximum atomic E-state index is 10.5. The van der Waals surface area contributed by atoms with Crippen molar-refractivity contribution < 1.29 is 9.53 Å². The van der Waals surface area contributed by atoms with E-state index in [4.69, 9.17) is 10.5 Å². The third-order valence-electron chi connectivity index (χ3n) is 2.36. The predicted molar refractivity (Wildman–Crippen MR) is 58.8 cm³/mol. The first-order chi connectivity index (χ1) is 7.00. The van der Waals surface area contributed by atoms with Crippen LogP contribution in [0.1, 0.15) is 18.5 Å². The largest absolute Gasteiger partial charge is 0.411 e. The minimum atomic E-state index is -0.789. The molecule has 0 saturated heterocycles. The Morgan fingerprint density at radius 1 is 1.33 bits per heavy atom. The van der Waals surface area contributed by atoms with Crippen LogP contribution in [0, 0.1) is 0 Å². The molecule has 2 N–H and O–H groups in total. The second kappa shape index (κ2) is 4.79. The molecule has 0 radical (unpaired) electrons. The van der Waals surface area contributed by atoms with Gasteiger partial charge in [-0.25, -0.2) is 4.79 Å². The van der Waals surface area contributed by atoms with Crippen molar-refractivity contribution in [1.82, 2.24) is 4.90 Å². The van der Waals surface area contributed by atoms with Gasteiger partial charge in [-0.05, 0) is 38.7 Å². The number of primary amides is 1.